The number of thioether (sulfide) groups is 1. The van der Waals surface area contributed by atoms with Crippen LogP contribution < -0.4 is 0 Å². The van der Waals surface area contributed by atoms with E-state index in [2.05, 4.69) is 12.0 Å². The van der Waals surface area contributed by atoms with Gasteiger partial charge in [0.2, 0.25) is 5.91 Å². The molecule has 1 saturated heterocycles. The van der Waals surface area contributed by atoms with Gasteiger partial charge in [-0.1, -0.05) is 6.92 Å². The third-order valence-electron chi connectivity index (χ3n) is 3.91. The topological polar surface area (TPSA) is 64.4 Å². The van der Waals surface area contributed by atoms with Crippen LogP contribution in [0.3, 0.4) is 0 Å². The van der Waals surface area contributed by atoms with Crippen molar-refractivity contribution in [1.82, 2.24) is 14.7 Å². The summed E-state index contributed by atoms with van der Waals surface area (Å²) in [5.41, 5.74) is 0.878. The average Bonchev–Trinajstić information content (AvgIpc) is 2.92. The van der Waals surface area contributed by atoms with Crippen molar-refractivity contribution in [2.75, 3.05) is 25.2 Å². The van der Waals surface area contributed by atoms with Crippen molar-refractivity contribution in [3.63, 3.8) is 0 Å². The third-order valence-corrected chi connectivity index (χ3v) is 4.77. The smallest absolute Gasteiger partial charge is 0.311 e. The first-order valence-corrected chi connectivity index (χ1v) is 8.68. The van der Waals surface area contributed by atoms with Crippen molar-refractivity contribution in [2.45, 2.75) is 25.8 Å². The lowest BCUT2D eigenvalue weighted by Crippen LogP contribution is -2.43. The van der Waals surface area contributed by atoms with Gasteiger partial charge in [0, 0.05) is 38.0 Å². The molecule has 22 heavy (non-hydrogen) atoms. The number of amides is 1. The number of nitrogens with zero attached hydrogens (tertiary/aromatic N) is 3. The number of aryl methyl sites for hydroxylation is 1. The molecule has 122 valence electrons. The van der Waals surface area contributed by atoms with Crippen LogP contribution in [0.2, 0.25) is 0 Å². The van der Waals surface area contributed by atoms with Gasteiger partial charge >= 0.3 is 5.97 Å². The highest BCUT2D eigenvalue weighted by Crippen LogP contribution is 2.36. The molecule has 2 atom stereocenters. The zero-order chi connectivity index (χ0) is 16.1. The van der Waals surface area contributed by atoms with Crippen LogP contribution in [0, 0.1) is 5.92 Å². The molecule has 0 radical (unpaired) electrons. The van der Waals surface area contributed by atoms with Gasteiger partial charge in [-0.05, 0) is 12.2 Å². The first kappa shape index (κ1) is 16.9. The normalized spacial score (nSPS) is 22.0. The molecule has 0 spiro atoms. The number of carbonyl (C=O) groups is 2. The van der Waals surface area contributed by atoms with Gasteiger partial charge in [-0.15, -0.1) is 0 Å². The minimum absolute atomic E-state index is 0.0550. The van der Waals surface area contributed by atoms with Gasteiger partial charge < -0.3 is 9.64 Å². The van der Waals surface area contributed by atoms with Crippen molar-refractivity contribution in [2.24, 2.45) is 13.0 Å². The van der Waals surface area contributed by atoms with E-state index in [0.717, 1.165) is 17.1 Å². The van der Waals surface area contributed by atoms with E-state index in [4.69, 9.17) is 4.74 Å². The maximum absolute atomic E-state index is 12.4. The lowest BCUT2D eigenvalue weighted by molar-refractivity contribution is -0.155. The van der Waals surface area contributed by atoms with Crippen LogP contribution in [-0.4, -0.2) is 51.7 Å². The highest BCUT2D eigenvalue weighted by Gasteiger charge is 2.40. The minimum Gasteiger partial charge on any atom is -0.465 e. The summed E-state index contributed by atoms with van der Waals surface area (Å²) in [5.74, 6) is 1.33. The van der Waals surface area contributed by atoms with Crippen LogP contribution in [0.5, 0.6) is 0 Å². The summed E-state index contributed by atoms with van der Waals surface area (Å²) in [5, 5.41) is 4.15. The summed E-state index contributed by atoms with van der Waals surface area (Å²) in [4.78, 5) is 26.0. The van der Waals surface area contributed by atoms with Crippen LogP contribution in [0.1, 0.15) is 31.4 Å². The summed E-state index contributed by atoms with van der Waals surface area (Å²) in [6, 6.07) is -0.290. The standard InChI is InChI=1S/C15H23N3O3S/c1-4-22-8-7-21-15(20)12-5-6-13(19)18(3)14(12)11-9-16-17(2)10-11/h9-10,12,14H,4-8H2,1-3H3. The number of hydrogen-bond donors (Lipinski definition) is 0. The van der Waals surface area contributed by atoms with Gasteiger partial charge in [-0.2, -0.15) is 16.9 Å². The fourth-order valence-corrected chi connectivity index (χ4v) is 3.28. The highest BCUT2D eigenvalue weighted by atomic mass is 32.2. The first-order chi connectivity index (χ1) is 10.5. The predicted molar refractivity (Wildman–Crippen MR) is 85.4 cm³/mol. The molecule has 1 aromatic heterocycles. The van der Waals surface area contributed by atoms with E-state index in [-0.39, 0.29) is 23.8 Å². The fraction of sp³-hybridized carbons (Fsp3) is 0.667. The Hall–Kier alpha value is -1.50. The molecule has 0 aliphatic carbocycles. The molecule has 6 nitrogen and oxygen atoms in total. The molecule has 2 heterocycles. The summed E-state index contributed by atoms with van der Waals surface area (Å²) in [6.07, 6.45) is 4.49. The Morgan fingerprint density at radius 2 is 2.27 bits per heavy atom. The van der Waals surface area contributed by atoms with E-state index in [1.807, 2.05) is 13.2 Å². The molecule has 0 saturated carbocycles. The molecule has 1 amide bonds. The second-order valence-corrected chi connectivity index (χ2v) is 6.80. The lowest BCUT2D eigenvalue weighted by Gasteiger charge is -2.37. The number of aromatic nitrogens is 2. The van der Waals surface area contributed by atoms with Crippen LogP contribution >= 0.6 is 11.8 Å². The summed E-state index contributed by atoms with van der Waals surface area (Å²) in [6.45, 7) is 2.50. The molecular weight excluding hydrogens is 302 g/mol. The second-order valence-electron chi connectivity index (χ2n) is 5.41. The Kier molecular flexibility index (Phi) is 5.88. The summed E-state index contributed by atoms with van der Waals surface area (Å²) in [7, 11) is 3.57. The van der Waals surface area contributed by atoms with E-state index in [1.54, 1.807) is 34.6 Å². The number of likely N-dealkylation sites (tertiary alicyclic amines) is 1. The van der Waals surface area contributed by atoms with Gasteiger partial charge in [-0.25, -0.2) is 0 Å². The van der Waals surface area contributed by atoms with Gasteiger partial charge in [0.05, 0.1) is 18.2 Å². The Morgan fingerprint density at radius 3 is 2.91 bits per heavy atom. The molecule has 0 bridgehead atoms. The quantitative estimate of drug-likeness (QED) is 0.587. The Balaban J connectivity index is 2.09. The molecule has 7 heteroatoms. The second kappa shape index (κ2) is 7.67. The van der Waals surface area contributed by atoms with Crippen LogP contribution in [0.4, 0.5) is 0 Å². The van der Waals surface area contributed by atoms with Crippen molar-refractivity contribution in [3.05, 3.63) is 18.0 Å². The molecular formula is C15H23N3O3S. The maximum Gasteiger partial charge on any atom is 0.311 e. The Bertz CT molecular complexity index is 532. The molecule has 1 aromatic rings. The van der Waals surface area contributed by atoms with Crippen molar-refractivity contribution >= 4 is 23.6 Å². The van der Waals surface area contributed by atoms with E-state index < -0.39 is 0 Å². The monoisotopic (exact) mass is 325 g/mol. The molecule has 1 fully saturated rings. The van der Waals surface area contributed by atoms with Crippen molar-refractivity contribution < 1.29 is 14.3 Å². The highest BCUT2D eigenvalue weighted by molar-refractivity contribution is 7.99. The van der Waals surface area contributed by atoms with Crippen LogP contribution in [-0.2, 0) is 21.4 Å². The van der Waals surface area contributed by atoms with Gasteiger partial charge in [0.25, 0.3) is 0 Å². The van der Waals surface area contributed by atoms with Gasteiger partial charge in [-0.3, -0.25) is 14.3 Å². The average molecular weight is 325 g/mol. The lowest BCUT2D eigenvalue weighted by atomic mass is 9.86. The molecule has 2 rings (SSSR count). The molecule has 0 N–H and O–H groups in total. The van der Waals surface area contributed by atoms with E-state index in [0.29, 0.717) is 19.4 Å². The number of carbonyl (C=O) groups excluding carboxylic acids is 2. The van der Waals surface area contributed by atoms with E-state index in [9.17, 15) is 9.59 Å². The first-order valence-electron chi connectivity index (χ1n) is 7.53. The summed E-state index contributed by atoms with van der Waals surface area (Å²) < 4.78 is 7.08. The molecule has 1 aliphatic rings. The van der Waals surface area contributed by atoms with Gasteiger partial charge in [0.15, 0.2) is 0 Å². The minimum atomic E-state index is -0.321. The number of ether oxygens (including phenoxy) is 1. The molecule has 1 aliphatic heterocycles. The van der Waals surface area contributed by atoms with Crippen molar-refractivity contribution in [3.8, 4) is 0 Å². The summed E-state index contributed by atoms with van der Waals surface area (Å²) >= 11 is 1.74. The Morgan fingerprint density at radius 1 is 1.50 bits per heavy atom. The third kappa shape index (κ3) is 3.82. The van der Waals surface area contributed by atoms with Crippen LogP contribution in [0.25, 0.3) is 0 Å². The number of rotatable bonds is 6. The van der Waals surface area contributed by atoms with E-state index in [1.165, 1.54) is 0 Å². The predicted octanol–water partition coefficient (Wildman–Crippen LogP) is 1.63. The van der Waals surface area contributed by atoms with Gasteiger partial charge in [0.1, 0.15) is 6.61 Å². The maximum atomic E-state index is 12.4. The zero-order valence-corrected chi connectivity index (χ0v) is 14.1. The number of hydrogen-bond acceptors (Lipinski definition) is 5. The molecule has 2 unspecified atom stereocenters. The fourth-order valence-electron chi connectivity index (χ4n) is 2.79. The number of esters is 1. The van der Waals surface area contributed by atoms with Crippen molar-refractivity contribution in [1.29, 1.82) is 0 Å². The van der Waals surface area contributed by atoms with Crippen LogP contribution in [0.15, 0.2) is 12.4 Å². The SMILES string of the molecule is CCSCCOC(=O)C1CCC(=O)N(C)C1c1cnn(C)c1. The largest absolute Gasteiger partial charge is 0.465 e. The zero-order valence-electron chi connectivity index (χ0n) is 13.3. The van der Waals surface area contributed by atoms with E-state index >= 15 is 0 Å². The number of piperidine rings is 1. The Labute approximate surface area is 135 Å². The molecule has 0 aromatic carbocycles.